The lowest BCUT2D eigenvalue weighted by molar-refractivity contribution is 0.509. The van der Waals surface area contributed by atoms with Gasteiger partial charge >= 0.3 is 0 Å². The minimum absolute atomic E-state index is 0.0838. The molecule has 0 fully saturated rings. The second-order valence-corrected chi connectivity index (χ2v) is 4.50. The zero-order valence-electron chi connectivity index (χ0n) is 9.86. The Morgan fingerprint density at radius 3 is 2.11 bits per heavy atom. The first-order valence-corrected chi connectivity index (χ1v) is 5.95. The molecule has 0 heterocycles. The number of benzene rings is 2. The fraction of sp³-hybridized carbons (Fsp3) is 0.200. The highest BCUT2D eigenvalue weighted by Gasteiger charge is 2.31. The topological polar surface area (TPSA) is 0 Å². The summed E-state index contributed by atoms with van der Waals surface area (Å²) in [4.78, 5) is 0. The van der Waals surface area contributed by atoms with Gasteiger partial charge in [-0.1, -0.05) is 31.5 Å². The van der Waals surface area contributed by atoms with Crippen LogP contribution in [0.3, 0.4) is 0 Å². The monoisotopic (exact) mass is 248 g/mol. The fourth-order valence-electron chi connectivity index (χ4n) is 2.51. The Morgan fingerprint density at radius 2 is 1.44 bits per heavy atom. The SMILES string of the molecule is CCCc1ccc2c(c1F)-c1c-2ccc(F)c1F. The molecule has 18 heavy (non-hydrogen) atoms. The van der Waals surface area contributed by atoms with Crippen LogP contribution in [0.5, 0.6) is 0 Å². The van der Waals surface area contributed by atoms with Gasteiger partial charge in [-0.05, 0) is 29.2 Å². The van der Waals surface area contributed by atoms with Crippen molar-refractivity contribution in [3.63, 3.8) is 0 Å². The van der Waals surface area contributed by atoms with E-state index < -0.39 is 17.5 Å². The Bertz CT molecular complexity index is 645. The van der Waals surface area contributed by atoms with E-state index in [1.54, 1.807) is 12.1 Å². The van der Waals surface area contributed by atoms with Gasteiger partial charge in [0.05, 0.1) is 0 Å². The van der Waals surface area contributed by atoms with Crippen molar-refractivity contribution < 1.29 is 13.2 Å². The Balaban J connectivity index is 2.21. The highest BCUT2D eigenvalue weighted by molar-refractivity contribution is 6.03. The Labute approximate surface area is 103 Å². The summed E-state index contributed by atoms with van der Waals surface area (Å²) >= 11 is 0. The molecule has 92 valence electrons. The third-order valence-corrected chi connectivity index (χ3v) is 3.38. The summed E-state index contributed by atoms with van der Waals surface area (Å²) in [5, 5.41) is 0. The molecule has 1 aliphatic carbocycles. The average Bonchev–Trinajstić information content (AvgIpc) is 2.32. The smallest absolute Gasteiger partial charge is 0.167 e. The van der Waals surface area contributed by atoms with Gasteiger partial charge in [-0.15, -0.1) is 0 Å². The molecular weight excluding hydrogens is 237 g/mol. The van der Waals surface area contributed by atoms with Crippen LogP contribution in [0.15, 0.2) is 24.3 Å². The first kappa shape index (κ1) is 11.3. The molecule has 0 saturated carbocycles. The van der Waals surface area contributed by atoms with Crippen LogP contribution in [-0.2, 0) is 6.42 Å². The van der Waals surface area contributed by atoms with Gasteiger partial charge in [0.15, 0.2) is 11.6 Å². The molecule has 2 aromatic rings. The highest BCUT2D eigenvalue weighted by atomic mass is 19.2. The third kappa shape index (κ3) is 1.33. The number of rotatable bonds is 2. The van der Waals surface area contributed by atoms with Crippen LogP contribution in [0.4, 0.5) is 13.2 Å². The lowest BCUT2D eigenvalue weighted by atomic mass is 9.78. The molecule has 3 rings (SSSR count). The summed E-state index contributed by atoms with van der Waals surface area (Å²) in [6.07, 6.45) is 1.42. The predicted octanol–water partition coefficient (Wildman–Crippen LogP) is 4.70. The van der Waals surface area contributed by atoms with Gasteiger partial charge in [-0.2, -0.15) is 0 Å². The van der Waals surface area contributed by atoms with Crippen molar-refractivity contribution in [2.24, 2.45) is 0 Å². The summed E-state index contributed by atoms with van der Waals surface area (Å²) in [6.45, 7) is 1.95. The third-order valence-electron chi connectivity index (χ3n) is 3.38. The van der Waals surface area contributed by atoms with E-state index in [-0.39, 0.29) is 11.1 Å². The van der Waals surface area contributed by atoms with E-state index in [2.05, 4.69) is 0 Å². The van der Waals surface area contributed by atoms with Crippen molar-refractivity contribution >= 4 is 0 Å². The van der Waals surface area contributed by atoms with Crippen LogP contribution >= 0.6 is 0 Å². The Kier molecular flexibility index (Phi) is 2.44. The van der Waals surface area contributed by atoms with Crippen molar-refractivity contribution in [1.82, 2.24) is 0 Å². The van der Waals surface area contributed by atoms with Crippen molar-refractivity contribution in [2.75, 3.05) is 0 Å². The highest BCUT2D eigenvalue weighted by Crippen LogP contribution is 2.50. The standard InChI is InChI=1S/C15H11F3/c1-2-3-8-4-5-9-10-6-7-11(16)15(18)13(10)12(9)14(8)17/h4-7H,2-3H2,1H3. The lowest BCUT2D eigenvalue weighted by Gasteiger charge is -2.26. The van der Waals surface area contributed by atoms with Gasteiger partial charge < -0.3 is 0 Å². The second kappa shape index (κ2) is 3.87. The normalized spacial score (nSPS) is 11.8. The molecule has 2 aromatic carbocycles. The van der Waals surface area contributed by atoms with E-state index in [0.717, 1.165) is 12.5 Å². The summed E-state index contributed by atoms with van der Waals surface area (Å²) in [7, 11) is 0. The molecule has 0 amide bonds. The van der Waals surface area contributed by atoms with Gasteiger partial charge in [0.25, 0.3) is 0 Å². The van der Waals surface area contributed by atoms with Crippen LogP contribution in [0.25, 0.3) is 22.3 Å². The molecule has 0 bridgehead atoms. The van der Waals surface area contributed by atoms with Crippen LogP contribution in [0, 0.1) is 17.5 Å². The number of halogens is 3. The van der Waals surface area contributed by atoms with E-state index in [1.165, 1.54) is 6.07 Å². The maximum absolute atomic E-state index is 14.2. The van der Waals surface area contributed by atoms with E-state index in [4.69, 9.17) is 0 Å². The van der Waals surface area contributed by atoms with E-state index in [0.29, 0.717) is 23.1 Å². The Hall–Kier alpha value is -1.77. The first-order chi connectivity index (χ1) is 8.65. The molecule has 0 nitrogen and oxygen atoms in total. The minimum atomic E-state index is -0.951. The molecular formula is C15H11F3. The molecule has 0 aromatic heterocycles. The summed E-state index contributed by atoms with van der Waals surface area (Å²) < 4.78 is 41.0. The van der Waals surface area contributed by atoms with Gasteiger partial charge in [0, 0.05) is 11.1 Å². The van der Waals surface area contributed by atoms with Gasteiger partial charge in [-0.25, -0.2) is 13.2 Å². The first-order valence-electron chi connectivity index (χ1n) is 5.95. The Morgan fingerprint density at radius 1 is 0.833 bits per heavy atom. The molecule has 0 saturated heterocycles. The van der Waals surface area contributed by atoms with Crippen molar-refractivity contribution in [3.8, 4) is 22.3 Å². The van der Waals surface area contributed by atoms with E-state index >= 15 is 0 Å². The van der Waals surface area contributed by atoms with Gasteiger partial charge in [-0.3, -0.25) is 0 Å². The van der Waals surface area contributed by atoms with Crippen molar-refractivity contribution in [3.05, 3.63) is 47.3 Å². The molecule has 0 unspecified atom stereocenters. The fourth-order valence-corrected chi connectivity index (χ4v) is 2.51. The molecule has 1 aliphatic rings. The number of aryl methyl sites for hydroxylation is 1. The molecule has 0 aliphatic heterocycles. The minimum Gasteiger partial charge on any atom is -0.206 e. The molecule has 0 spiro atoms. The molecule has 3 heteroatoms. The number of hydrogen-bond donors (Lipinski definition) is 0. The zero-order valence-corrected chi connectivity index (χ0v) is 9.86. The molecule has 0 radical (unpaired) electrons. The van der Waals surface area contributed by atoms with Crippen molar-refractivity contribution in [1.29, 1.82) is 0 Å². The second-order valence-electron chi connectivity index (χ2n) is 4.50. The van der Waals surface area contributed by atoms with E-state index in [1.807, 2.05) is 6.92 Å². The number of fused-ring (bicyclic) bond motifs is 4. The van der Waals surface area contributed by atoms with Crippen molar-refractivity contribution in [2.45, 2.75) is 19.8 Å². The zero-order chi connectivity index (χ0) is 12.9. The maximum Gasteiger partial charge on any atom is 0.167 e. The molecule has 0 atom stereocenters. The van der Waals surface area contributed by atoms with Crippen LogP contribution in [-0.4, -0.2) is 0 Å². The quantitative estimate of drug-likeness (QED) is 0.616. The summed E-state index contributed by atoms with van der Waals surface area (Å²) in [6, 6.07) is 6.08. The maximum atomic E-state index is 14.2. The van der Waals surface area contributed by atoms with Crippen LogP contribution < -0.4 is 0 Å². The van der Waals surface area contributed by atoms with Crippen LogP contribution in [0.2, 0.25) is 0 Å². The summed E-state index contributed by atoms with van der Waals surface area (Å²) in [5.41, 5.74) is 2.13. The largest absolute Gasteiger partial charge is 0.206 e. The number of hydrogen-bond acceptors (Lipinski definition) is 0. The summed E-state index contributed by atoms with van der Waals surface area (Å²) in [5.74, 6) is -2.29. The van der Waals surface area contributed by atoms with Gasteiger partial charge in [0.1, 0.15) is 5.82 Å². The predicted molar refractivity (Wildman–Crippen MR) is 64.7 cm³/mol. The van der Waals surface area contributed by atoms with Gasteiger partial charge in [0.2, 0.25) is 0 Å². The van der Waals surface area contributed by atoms with Crippen LogP contribution in [0.1, 0.15) is 18.9 Å². The lowest BCUT2D eigenvalue weighted by Crippen LogP contribution is -2.08. The average molecular weight is 248 g/mol. The van der Waals surface area contributed by atoms with E-state index in [9.17, 15) is 13.2 Å². The molecule has 0 N–H and O–H groups in total.